The van der Waals surface area contributed by atoms with Crippen LogP contribution < -0.4 is 11.1 Å². The molecule has 1 rings (SSSR count). The topological polar surface area (TPSA) is 72.2 Å². The summed E-state index contributed by atoms with van der Waals surface area (Å²) in [6.07, 6.45) is 6.32. The molecule has 4 nitrogen and oxygen atoms in total. The first-order valence-electron chi connectivity index (χ1n) is 7.43. The quantitative estimate of drug-likeness (QED) is 0.734. The summed E-state index contributed by atoms with van der Waals surface area (Å²) in [7, 11) is 0. The van der Waals surface area contributed by atoms with Crippen LogP contribution in [0.5, 0.6) is 0 Å². The molecule has 114 valence electrons. The van der Waals surface area contributed by atoms with Crippen LogP contribution >= 0.6 is 0 Å². The van der Waals surface area contributed by atoms with Gasteiger partial charge in [-0.3, -0.25) is 9.59 Å². The molecule has 2 amide bonds. The van der Waals surface area contributed by atoms with Gasteiger partial charge in [0.1, 0.15) is 0 Å². The second kappa shape index (κ2) is 7.68. The summed E-state index contributed by atoms with van der Waals surface area (Å²) in [6.45, 7) is 6.39. The Bertz CT molecular complexity index is 535. The molecule has 1 atom stereocenters. The van der Waals surface area contributed by atoms with Crippen molar-refractivity contribution < 1.29 is 9.59 Å². The van der Waals surface area contributed by atoms with Crippen LogP contribution in [0.1, 0.15) is 46.5 Å². The highest BCUT2D eigenvalue weighted by atomic mass is 16.2. The summed E-state index contributed by atoms with van der Waals surface area (Å²) in [5.41, 5.74) is 5.87. The van der Waals surface area contributed by atoms with E-state index in [1.165, 1.54) is 0 Å². The Morgan fingerprint density at radius 1 is 1.38 bits per heavy atom. The highest BCUT2D eigenvalue weighted by Gasteiger charge is 2.39. The predicted molar refractivity (Wildman–Crippen MR) is 84.1 cm³/mol. The molecule has 0 aromatic heterocycles. The van der Waals surface area contributed by atoms with Gasteiger partial charge in [-0.15, -0.1) is 5.92 Å². The van der Waals surface area contributed by atoms with Crippen molar-refractivity contribution in [3.05, 3.63) is 23.3 Å². The van der Waals surface area contributed by atoms with Crippen LogP contribution in [0.4, 0.5) is 0 Å². The largest absolute Gasteiger partial charge is 0.366 e. The molecule has 4 heteroatoms. The molecular formula is C17H24N2O2. The number of allylic oxidation sites excluding steroid dienone is 2. The summed E-state index contributed by atoms with van der Waals surface area (Å²) in [6, 6.07) is 0. The highest BCUT2D eigenvalue weighted by Crippen LogP contribution is 2.38. The van der Waals surface area contributed by atoms with E-state index in [1.54, 1.807) is 13.0 Å². The number of carbonyl (C=O) groups is 2. The second-order valence-corrected chi connectivity index (χ2v) is 5.35. The van der Waals surface area contributed by atoms with Gasteiger partial charge in [0.25, 0.3) is 0 Å². The van der Waals surface area contributed by atoms with Crippen LogP contribution in [-0.2, 0) is 9.59 Å². The van der Waals surface area contributed by atoms with Crippen LogP contribution in [-0.4, -0.2) is 18.4 Å². The van der Waals surface area contributed by atoms with Crippen molar-refractivity contribution in [3.8, 4) is 11.8 Å². The summed E-state index contributed by atoms with van der Waals surface area (Å²) in [4.78, 5) is 24.2. The lowest BCUT2D eigenvalue weighted by Gasteiger charge is -2.32. The van der Waals surface area contributed by atoms with Crippen LogP contribution in [0, 0.1) is 17.3 Å². The van der Waals surface area contributed by atoms with E-state index < -0.39 is 11.3 Å². The number of carbonyl (C=O) groups excluding carboxylic acids is 2. The van der Waals surface area contributed by atoms with Gasteiger partial charge in [-0.1, -0.05) is 32.3 Å². The molecule has 0 aliphatic heterocycles. The number of nitrogens with two attached hydrogens (primary N) is 1. The molecule has 0 aromatic rings. The monoisotopic (exact) mass is 288 g/mol. The third-order valence-corrected chi connectivity index (χ3v) is 3.54. The maximum atomic E-state index is 12.6. The Hall–Kier alpha value is -2.02. The van der Waals surface area contributed by atoms with Gasteiger partial charge < -0.3 is 11.1 Å². The predicted octanol–water partition coefficient (Wildman–Crippen LogP) is 2.06. The van der Waals surface area contributed by atoms with E-state index in [0.29, 0.717) is 30.5 Å². The zero-order valence-electron chi connectivity index (χ0n) is 13.1. The minimum Gasteiger partial charge on any atom is -0.366 e. The molecule has 0 radical (unpaired) electrons. The summed E-state index contributed by atoms with van der Waals surface area (Å²) >= 11 is 0. The van der Waals surface area contributed by atoms with Crippen LogP contribution in [0.15, 0.2) is 23.3 Å². The molecule has 1 unspecified atom stereocenters. The van der Waals surface area contributed by atoms with Crippen molar-refractivity contribution >= 4 is 11.8 Å². The first-order valence-corrected chi connectivity index (χ1v) is 7.43. The van der Waals surface area contributed by atoms with Crippen molar-refractivity contribution in [2.75, 3.05) is 6.54 Å². The number of amides is 2. The Morgan fingerprint density at radius 2 is 2.10 bits per heavy atom. The van der Waals surface area contributed by atoms with Gasteiger partial charge in [0.15, 0.2) is 0 Å². The van der Waals surface area contributed by atoms with Crippen molar-refractivity contribution in [3.63, 3.8) is 0 Å². The minimum atomic E-state index is -0.720. The smallest absolute Gasteiger partial charge is 0.244 e. The fraction of sp³-hybridized carbons (Fsp3) is 0.529. The Morgan fingerprint density at radius 3 is 2.62 bits per heavy atom. The van der Waals surface area contributed by atoms with Crippen molar-refractivity contribution in [1.29, 1.82) is 0 Å². The van der Waals surface area contributed by atoms with Gasteiger partial charge in [0, 0.05) is 17.7 Å². The summed E-state index contributed by atoms with van der Waals surface area (Å²) < 4.78 is 0. The molecule has 0 fully saturated rings. The molecule has 0 bridgehead atoms. The lowest BCUT2D eigenvalue weighted by atomic mass is 9.72. The van der Waals surface area contributed by atoms with Gasteiger partial charge in [-0.25, -0.2) is 0 Å². The SMILES string of the molecule is CC#CC1=CC(CCC)(C(=O)NCCC)CC(C(N)=O)=C1. The van der Waals surface area contributed by atoms with E-state index in [2.05, 4.69) is 17.2 Å². The van der Waals surface area contributed by atoms with E-state index in [0.717, 1.165) is 12.8 Å². The van der Waals surface area contributed by atoms with Crippen LogP contribution in [0.2, 0.25) is 0 Å². The molecule has 0 saturated carbocycles. The van der Waals surface area contributed by atoms with E-state index in [9.17, 15) is 9.59 Å². The molecule has 21 heavy (non-hydrogen) atoms. The average Bonchev–Trinajstić information content (AvgIpc) is 2.45. The van der Waals surface area contributed by atoms with Crippen LogP contribution in [0.3, 0.4) is 0 Å². The normalized spacial score (nSPS) is 20.7. The van der Waals surface area contributed by atoms with Crippen molar-refractivity contribution in [1.82, 2.24) is 5.32 Å². The van der Waals surface area contributed by atoms with Gasteiger partial charge >= 0.3 is 0 Å². The van der Waals surface area contributed by atoms with E-state index in [1.807, 2.05) is 19.9 Å². The molecule has 0 aromatic carbocycles. The average molecular weight is 288 g/mol. The zero-order chi connectivity index (χ0) is 15.9. The third kappa shape index (κ3) is 4.22. The van der Waals surface area contributed by atoms with Gasteiger partial charge in [0.05, 0.1) is 5.41 Å². The second-order valence-electron chi connectivity index (χ2n) is 5.35. The maximum Gasteiger partial charge on any atom is 0.244 e. The lowest BCUT2D eigenvalue weighted by molar-refractivity contribution is -0.129. The van der Waals surface area contributed by atoms with Crippen molar-refractivity contribution in [2.45, 2.75) is 46.5 Å². The lowest BCUT2D eigenvalue weighted by Crippen LogP contribution is -2.42. The molecule has 0 saturated heterocycles. The van der Waals surface area contributed by atoms with Crippen LogP contribution in [0.25, 0.3) is 0 Å². The number of hydrogen-bond donors (Lipinski definition) is 2. The summed E-state index contributed by atoms with van der Waals surface area (Å²) in [5, 5.41) is 2.94. The number of primary amides is 1. The summed E-state index contributed by atoms with van der Waals surface area (Å²) in [5.74, 6) is 5.22. The molecule has 3 N–H and O–H groups in total. The maximum absolute atomic E-state index is 12.6. The van der Waals surface area contributed by atoms with E-state index in [4.69, 9.17) is 5.73 Å². The van der Waals surface area contributed by atoms with E-state index >= 15 is 0 Å². The first kappa shape index (κ1) is 17.0. The molecule has 0 spiro atoms. The van der Waals surface area contributed by atoms with Gasteiger partial charge in [0.2, 0.25) is 11.8 Å². The fourth-order valence-corrected chi connectivity index (χ4v) is 2.62. The molecule has 1 aliphatic rings. The Balaban J connectivity index is 3.22. The fourth-order valence-electron chi connectivity index (χ4n) is 2.62. The standard InChI is InChI=1S/C17H24N2O2/c1-4-7-13-10-14(15(18)20)12-17(11-13,8-5-2)16(21)19-9-6-3/h10-11H,5-6,8-9,12H2,1-3H3,(H2,18,20)(H,19,21). The molecule has 0 heterocycles. The van der Waals surface area contributed by atoms with Gasteiger partial charge in [-0.05, 0) is 32.3 Å². The number of nitrogens with one attached hydrogen (secondary N) is 1. The third-order valence-electron chi connectivity index (χ3n) is 3.54. The number of hydrogen-bond acceptors (Lipinski definition) is 2. The highest BCUT2D eigenvalue weighted by molar-refractivity contribution is 5.96. The first-order chi connectivity index (χ1) is 9.99. The molecule has 1 aliphatic carbocycles. The Labute approximate surface area is 126 Å². The molecular weight excluding hydrogens is 264 g/mol. The zero-order valence-corrected chi connectivity index (χ0v) is 13.1. The van der Waals surface area contributed by atoms with Crippen molar-refractivity contribution in [2.24, 2.45) is 11.1 Å². The number of rotatable bonds is 6. The Kier molecular flexibility index (Phi) is 6.23. The minimum absolute atomic E-state index is 0.0477. The van der Waals surface area contributed by atoms with E-state index in [-0.39, 0.29) is 5.91 Å². The van der Waals surface area contributed by atoms with Gasteiger partial charge in [-0.2, -0.15) is 0 Å².